The highest BCUT2D eigenvalue weighted by Gasteiger charge is 2.40. The lowest BCUT2D eigenvalue weighted by Gasteiger charge is -2.33. The molecule has 3 rings (SSSR count). The second-order valence-corrected chi connectivity index (χ2v) is 7.97. The molecule has 114 valence electrons. The largest absolute Gasteiger partial charge is 0.297 e. The standard InChI is InChI=1S/C16H22N2O2S/c19-21(20,16-8-9-16)18-13-11-17(12-14-18)10-4-7-15-5-2-1-3-6-15/h1-7,16H,8-14H2/b7-4+. The van der Waals surface area contributed by atoms with Gasteiger partial charge in [0, 0.05) is 32.7 Å². The van der Waals surface area contributed by atoms with Gasteiger partial charge in [0.25, 0.3) is 0 Å². The minimum atomic E-state index is -2.99. The van der Waals surface area contributed by atoms with E-state index in [9.17, 15) is 8.42 Å². The molecule has 0 atom stereocenters. The molecule has 0 spiro atoms. The van der Waals surface area contributed by atoms with Crippen molar-refractivity contribution in [3.8, 4) is 0 Å². The Hall–Kier alpha value is -1.17. The van der Waals surface area contributed by atoms with Crippen molar-refractivity contribution in [1.82, 2.24) is 9.21 Å². The van der Waals surface area contributed by atoms with E-state index in [-0.39, 0.29) is 5.25 Å². The third-order valence-electron chi connectivity index (χ3n) is 4.11. The topological polar surface area (TPSA) is 40.6 Å². The van der Waals surface area contributed by atoms with Crippen LogP contribution in [0.5, 0.6) is 0 Å². The minimum Gasteiger partial charge on any atom is -0.297 e. The van der Waals surface area contributed by atoms with Crippen molar-refractivity contribution in [2.75, 3.05) is 32.7 Å². The Morgan fingerprint density at radius 3 is 2.33 bits per heavy atom. The quantitative estimate of drug-likeness (QED) is 0.833. The summed E-state index contributed by atoms with van der Waals surface area (Å²) in [6.45, 7) is 3.80. The fraction of sp³-hybridized carbons (Fsp3) is 0.500. The van der Waals surface area contributed by atoms with E-state index in [0.29, 0.717) is 13.1 Å². The predicted molar refractivity (Wildman–Crippen MR) is 85.4 cm³/mol. The summed E-state index contributed by atoms with van der Waals surface area (Å²) in [5, 5.41) is -0.0815. The summed E-state index contributed by atoms with van der Waals surface area (Å²) < 4.78 is 26.0. The zero-order chi connectivity index (χ0) is 14.7. The SMILES string of the molecule is O=S(=O)(C1CC1)N1CCN(C/C=C/c2ccccc2)CC1. The van der Waals surface area contributed by atoms with Crippen LogP contribution in [-0.4, -0.2) is 55.6 Å². The molecular weight excluding hydrogens is 284 g/mol. The van der Waals surface area contributed by atoms with Crippen molar-refractivity contribution in [1.29, 1.82) is 0 Å². The summed E-state index contributed by atoms with van der Waals surface area (Å²) in [5.74, 6) is 0. The van der Waals surface area contributed by atoms with E-state index in [1.54, 1.807) is 4.31 Å². The highest BCUT2D eigenvalue weighted by molar-refractivity contribution is 7.90. The van der Waals surface area contributed by atoms with Crippen LogP contribution in [0.15, 0.2) is 36.4 Å². The van der Waals surface area contributed by atoms with E-state index in [0.717, 1.165) is 32.5 Å². The number of hydrogen-bond donors (Lipinski definition) is 0. The lowest BCUT2D eigenvalue weighted by molar-refractivity contribution is 0.204. The van der Waals surface area contributed by atoms with Gasteiger partial charge in [-0.15, -0.1) is 0 Å². The third-order valence-corrected chi connectivity index (χ3v) is 6.51. The monoisotopic (exact) mass is 306 g/mol. The molecule has 1 saturated carbocycles. The highest BCUT2D eigenvalue weighted by Crippen LogP contribution is 2.31. The van der Waals surface area contributed by atoms with Crippen molar-refractivity contribution >= 4 is 16.1 Å². The molecule has 21 heavy (non-hydrogen) atoms. The Bertz CT molecular complexity index is 586. The van der Waals surface area contributed by atoms with Gasteiger partial charge in [0.15, 0.2) is 0 Å². The Morgan fingerprint density at radius 2 is 1.71 bits per heavy atom. The van der Waals surface area contributed by atoms with Crippen LogP contribution in [0.1, 0.15) is 18.4 Å². The smallest absolute Gasteiger partial charge is 0.217 e. The van der Waals surface area contributed by atoms with E-state index < -0.39 is 10.0 Å². The van der Waals surface area contributed by atoms with Crippen molar-refractivity contribution in [2.24, 2.45) is 0 Å². The Kier molecular flexibility index (Phi) is 4.42. The molecule has 0 bridgehead atoms. The highest BCUT2D eigenvalue weighted by atomic mass is 32.2. The fourth-order valence-corrected chi connectivity index (χ4v) is 4.47. The van der Waals surface area contributed by atoms with E-state index in [1.807, 2.05) is 18.2 Å². The van der Waals surface area contributed by atoms with Gasteiger partial charge in [0.05, 0.1) is 5.25 Å². The van der Waals surface area contributed by atoms with E-state index in [4.69, 9.17) is 0 Å². The van der Waals surface area contributed by atoms with Crippen molar-refractivity contribution in [3.05, 3.63) is 42.0 Å². The van der Waals surface area contributed by atoms with E-state index >= 15 is 0 Å². The van der Waals surface area contributed by atoms with Gasteiger partial charge in [-0.05, 0) is 18.4 Å². The van der Waals surface area contributed by atoms with Crippen molar-refractivity contribution < 1.29 is 8.42 Å². The molecule has 2 fully saturated rings. The van der Waals surface area contributed by atoms with Crippen LogP contribution in [0.4, 0.5) is 0 Å². The number of benzene rings is 1. The van der Waals surface area contributed by atoms with Gasteiger partial charge in [-0.3, -0.25) is 4.90 Å². The van der Waals surface area contributed by atoms with E-state index in [2.05, 4.69) is 29.2 Å². The first-order chi connectivity index (χ1) is 10.2. The molecule has 0 aromatic heterocycles. The van der Waals surface area contributed by atoms with Gasteiger partial charge < -0.3 is 0 Å². The Balaban J connectivity index is 1.47. The molecule has 4 nitrogen and oxygen atoms in total. The van der Waals surface area contributed by atoms with Gasteiger partial charge in [-0.1, -0.05) is 42.5 Å². The molecular formula is C16H22N2O2S. The zero-order valence-corrected chi connectivity index (χ0v) is 13.0. The average Bonchev–Trinajstić information content (AvgIpc) is 3.34. The number of sulfonamides is 1. The molecule has 1 aliphatic heterocycles. The van der Waals surface area contributed by atoms with Crippen LogP contribution < -0.4 is 0 Å². The minimum absolute atomic E-state index is 0.0815. The van der Waals surface area contributed by atoms with Crippen LogP contribution in [0.25, 0.3) is 6.08 Å². The van der Waals surface area contributed by atoms with E-state index in [1.165, 1.54) is 5.56 Å². The molecule has 5 heteroatoms. The predicted octanol–water partition coefficient (Wildman–Crippen LogP) is 1.81. The summed E-state index contributed by atoms with van der Waals surface area (Å²) in [6.07, 6.45) is 5.97. The molecule has 0 unspecified atom stereocenters. The summed E-state index contributed by atoms with van der Waals surface area (Å²) in [4.78, 5) is 2.30. The zero-order valence-electron chi connectivity index (χ0n) is 12.2. The lowest BCUT2D eigenvalue weighted by atomic mass is 10.2. The Morgan fingerprint density at radius 1 is 1.05 bits per heavy atom. The van der Waals surface area contributed by atoms with Crippen molar-refractivity contribution in [2.45, 2.75) is 18.1 Å². The second-order valence-electron chi connectivity index (χ2n) is 5.76. The third kappa shape index (κ3) is 3.73. The number of piperazine rings is 1. The molecule has 1 heterocycles. The first kappa shape index (κ1) is 14.8. The van der Waals surface area contributed by atoms with Gasteiger partial charge >= 0.3 is 0 Å². The maximum atomic E-state index is 12.1. The van der Waals surface area contributed by atoms with Crippen LogP contribution in [0.2, 0.25) is 0 Å². The molecule has 0 N–H and O–H groups in total. The van der Waals surface area contributed by atoms with Gasteiger partial charge in [-0.25, -0.2) is 8.42 Å². The maximum absolute atomic E-state index is 12.1. The van der Waals surface area contributed by atoms with Crippen LogP contribution >= 0.6 is 0 Å². The maximum Gasteiger partial charge on any atom is 0.217 e. The average molecular weight is 306 g/mol. The molecule has 0 radical (unpaired) electrons. The summed E-state index contributed by atoms with van der Waals surface area (Å²) >= 11 is 0. The molecule has 1 saturated heterocycles. The summed E-state index contributed by atoms with van der Waals surface area (Å²) in [7, 11) is -2.99. The molecule has 1 aliphatic carbocycles. The number of rotatable bonds is 5. The first-order valence-corrected chi connectivity index (χ1v) is 9.09. The number of nitrogens with zero attached hydrogens (tertiary/aromatic N) is 2. The van der Waals surface area contributed by atoms with Crippen LogP contribution in [-0.2, 0) is 10.0 Å². The summed E-state index contributed by atoms with van der Waals surface area (Å²) in [6, 6.07) is 10.2. The lowest BCUT2D eigenvalue weighted by Crippen LogP contribution is -2.49. The second kappa shape index (κ2) is 6.30. The fourth-order valence-electron chi connectivity index (χ4n) is 2.65. The number of hydrogen-bond acceptors (Lipinski definition) is 3. The molecule has 1 aromatic rings. The van der Waals surface area contributed by atoms with Gasteiger partial charge in [0.1, 0.15) is 0 Å². The molecule has 2 aliphatic rings. The normalized spacial score (nSPS) is 21.9. The summed E-state index contributed by atoms with van der Waals surface area (Å²) in [5.41, 5.74) is 1.20. The van der Waals surface area contributed by atoms with Gasteiger partial charge in [-0.2, -0.15) is 4.31 Å². The first-order valence-electron chi connectivity index (χ1n) is 7.59. The molecule has 0 amide bonds. The molecule has 1 aromatic carbocycles. The van der Waals surface area contributed by atoms with Crippen LogP contribution in [0, 0.1) is 0 Å². The van der Waals surface area contributed by atoms with Gasteiger partial charge in [0.2, 0.25) is 10.0 Å². The van der Waals surface area contributed by atoms with Crippen molar-refractivity contribution in [3.63, 3.8) is 0 Å². The Labute approximate surface area is 127 Å². The van der Waals surface area contributed by atoms with Crippen LogP contribution in [0.3, 0.4) is 0 Å².